The van der Waals surface area contributed by atoms with Crippen molar-refractivity contribution < 1.29 is 17.7 Å². The maximum absolute atomic E-state index is 13.1. The third-order valence-electron chi connectivity index (χ3n) is 5.61. The minimum absolute atomic E-state index is 0.0138. The molecule has 8 heteroatoms. The molecule has 0 bridgehead atoms. The Hall–Kier alpha value is -1.93. The Balaban J connectivity index is 1.67. The highest BCUT2D eigenvalue weighted by Gasteiger charge is 2.46. The van der Waals surface area contributed by atoms with Crippen LogP contribution in [0.15, 0.2) is 28.8 Å². The molecule has 140 valence electrons. The molecule has 1 aliphatic carbocycles. The summed E-state index contributed by atoms with van der Waals surface area (Å²) in [6.45, 7) is 2.52. The van der Waals surface area contributed by atoms with Gasteiger partial charge in [-0.15, -0.1) is 0 Å². The summed E-state index contributed by atoms with van der Waals surface area (Å²) in [5, 5.41) is 7.45. The molecule has 1 unspecified atom stereocenters. The molecule has 26 heavy (non-hydrogen) atoms. The molecule has 0 spiro atoms. The average Bonchev–Trinajstić information content (AvgIpc) is 3.04. The van der Waals surface area contributed by atoms with Crippen molar-refractivity contribution in [1.82, 2.24) is 20.4 Å². The first kappa shape index (κ1) is 17.5. The van der Waals surface area contributed by atoms with Crippen LogP contribution in [0.3, 0.4) is 0 Å². The van der Waals surface area contributed by atoms with Crippen LogP contribution in [0.4, 0.5) is 13.2 Å². The Morgan fingerprint density at radius 3 is 2.77 bits per heavy atom. The molecule has 2 aromatic rings. The fourth-order valence-corrected chi connectivity index (χ4v) is 3.81. The van der Waals surface area contributed by atoms with Crippen LogP contribution >= 0.6 is 0 Å². The normalized spacial score (nSPS) is 23.6. The summed E-state index contributed by atoms with van der Waals surface area (Å²) in [7, 11) is 2.01. The molecule has 5 nitrogen and oxygen atoms in total. The van der Waals surface area contributed by atoms with Crippen LogP contribution < -0.4 is 5.32 Å². The van der Waals surface area contributed by atoms with Gasteiger partial charge in [-0.2, -0.15) is 18.2 Å². The Labute approximate surface area is 149 Å². The summed E-state index contributed by atoms with van der Waals surface area (Å²) >= 11 is 0. The molecule has 1 aromatic heterocycles. The number of nitrogens with one attached hydrogen (secondary N) is 1. The third kappa shape index (κ3) is 2.91. The smallest absolute Gasteiger partial charge is 0.338 e. The number of piperazine rings is 1. The van der Waals surface area contributed by atoms with E-state index in [-0.39, 0.29) is 6.04 Å². The van der Waals surface area contributed by atoms with Gasteiger partial charge in [-0.05, 0) is 31.5 Å². The van der Waals surface area contributed by atoms with Crippen LogP contribution in [0.25, 0.3) is 0 Å². The van der Waals surface area contributed by atoms with Crippen LogP contribution in [-0.4, -0.2) is 41.7 Å². The van der Waals surface area contributed by atoms with E-state index in [0.29, 0.717) is 30.1 Å². The second-order valence-corrected chi connectivity index (χ2v) is 7.17. The monoisotopic (exact) mass is 366 g/mol. The Bertz CT molecular complexity index is 785. The minimum atomic E-state index is -4.36. The predicted molar refractivity (Wildman–Crippen MR) is 88.6 cm³/mol. The minimum Gasteiger partial charge on any atom is -0.338 e. The van der Waals surface area contributed by atoms with Crippen molar-refractivity contribution in [3.63, 3.8) is 0 Å². The summed E-state index contributed by atoms with van der Waals surface area (Å²) in [5.41, 5.74) is -0.645. The number of halogens is 3. The van der Waals surface area contributed by atoms with Gasteiger partial charge in [0.15, 0.2) is 5.82 Å². The van der Waals surface area contributed by atoms with Crippen molar-refractivity contribution >= 4 is 0 Å². The second kappa shape index (κ2) is 6.35. The number of likely N-dealkylation sites (N-methyl/N-ethyl adjacent to an activating group) is 1. The van der Waals surface area contributed by atoms with Crippen molar-refractivity contribution in [3.05, 3.63) is 47.1 Å². The molecule has 0 radical (unpaired) electrons. The molecule has 4 rings (SSSR count). The molecular weight excluding hydrogens is 345 g/mol. The second-order valence-electron chi connectivity index (χ2n) is 7.17. The van der Waals surface area contributed by atoms with Gasteiger partial charge in [0.25, 0.3) is 0 Å². The maximum atomic E-state index is 13.1. The zero-order valence-electron chi connectivity index (χ0n) is 14.5. The highest BCUT2D eigenvalue weighted by atomic mass is 19.4. The summed E-state index contributed by atoms with van der Waals surface area (Å²) in [5.74, 6) is 1.02. The first-order valence-corrected chi connectivity index (χ1v) is 8.83. The lowest BCUT2D eigenvalue weighted by molar-refractivity contribution is -0.137. The molecule has 0 amide bonds. The summed E-state index contributed by atoms with van der Waals surface area (Å²) in [6.07, 6.45) is -2.00. The largest absolute Gasteiger partial charge is 0.416 e. The topological polar surface area (TPSA) is 54.2 Å². The van der Waals surface area contributed by atoms with Crippen molar-refractivity contribution in [2.45, 2.75) is 36.9 Å². The van der Waals surface area contributed by atoms with Gasteiger partial charge in [-0.3, -0.25) is 4.90 Å². The molecule has 1 aromatic carbocycles. The van der Waals surface area contributed by atoms with Crippen molar-refractivity contribution in [3.8, 4) is 0 Å². The average molecular weight is 366 g/mol. The quantitative estimate of drug-likeness (QED) is 0.905. The number of aromatic nitrogens is 2. The number of rotatable bonds is 3. The lowest BCUT2D eigenvalue weighted by Crippen LogP contribution is -2.44. The highest BCUT2D eigenvalue weighted by molar-refractivity contribution is 5.38. The number of hydrogen-bond acceptors (Lipinski definition) is 5. The molecule has 1 N–H and O–H groups in total. The fraction of sp³-hybridized carbons (Fsp3) is 0.556. The summed E-state index contributed by atoms with van der Waals surface area (Å²) < 4.78 is 44.9. The molecule has 2 fully saturated rings. The molecule has 1 saturated heterocycles. The van der Waals surface area contributed by atoms with Gasteiger partial charge in [-0.25, -0.2) is 0 Å². The lowest BCUT2D eigenvalue weighted by atomic mass is 9.64. The zero-order valence-corrected chi connectivity index (χ0v) is 14.5. The molecule has 2 heterocycles. The Kier molecular flexibility index (Phi) is 4.27. The first-order chi connectivity index (χ1) is 12.4. The van der Waals surface area contributed by atoms with Gasteiger partial charge in [0.1, 0.15) is 0 Å². The summed E-state index contributed by atoms with van der Waals surface area (Å²) in [6, 6.07) is 5.51. The maximum Gasteiger partial charge on any atom is 0.416 e. The van der Waals surface area contributed by atoms with Crippen LogP contribution in [0.1, 0.15) is 48.1 Å². The van der Waals surface area contributed by atoms with E-state index in [9.17, 15) is 13.2 Å². The van der Waals surface area contributed by atoms with Crippen molar-refractivity contribution in [2.24, 2.45) is 0 Å². The van der Waals surface area contributed by atoms with Gasteiger partial charge in [0.2, 0.25) is 5.89 Å². The zero-order chi connectivity index (χ0) is 18.4. The fourth-order valence-electron chi connectivity index (χ4n) is 3.81. The van der Waals surface area contributed by atoms with E-state index in [2.05, 4.69) is 20.4 Å². The van der Waals surface area contributed by atoms with E-state index < -0.39 is 17.2 Å². The van der Waals surface area contributed by atoms with Crippen molar-refractivity contribution in [2.75, 3.05) is 26.7 Å². The standard InChI is InChI=1S/C18H21F3N4O/c1-25-9-8-22-11-14(25)15-23-16(26-24-15)17(6-3-7-17)12-4-2-5-13(10-12)18(19,20)21/h2,4-5,10,14,22H,3,6-9,11H2,1H3. The SMILES string of the molecule is CN1CCNCC1c1noc(C2(c3cccc(C(F)(F)F)c3)CCC2)n1. The van der Waals surface area contributed by atoms with Crippen molar-refractivity contribution in [1.29, 1.82) is 0 Å². The Morgan fingerprint density at radius 1 is 1.31 bits per heavy atom. The van der Waals surface area contributed by atoms with Gasteiger partial charge in [-0.1, -0.05) is 29.8 Å². The van der Waals surface area contributed by atoms with Crippen LogP contribution in [0, 0.1) is 0 Å². The van der Waals surface area contributed by atoms with E-state index in [1.807, 2.05) is 7.05 Å². The molecule has 1 aliphatic heterocycles. The predicted octanol–water partition coefficient (Wildman–Crippen LogP) is 3.13. The number of hydrogen-bond donors (Lipinski definition) is 1. The van der Waals surface area contributed by atoms with Crippen LogP contribution in [0.5, 0.6) is 0 Å². The first-order valence-electron chi connectivity index (χ1n) is 8.83. The van der Waals surface area contributed by atoms with Gasteiger partial charge >= 0.3 is 6.18 Å². The van der Waals surface area contributed by atoms with Crippen LogP contribution in [-0.2, 0) is 11.6 Å². The van der Waals surface area contributed by atoms with E-state index >= 15 is 0 Å². The van der Waals surface area contributed by atoms with Crippen LogP contribution in [0.2, 0.25) is 0 Å². The highest BCUT2D eigenvalue weighted by Crippen LogP contribution is 2.49. The van der Waals surface area contributed by atoms with E-state index in [4.69, 9.17) is 4.52 Å². The van der Waals surface area contributed by atoms with Gasteiger partial charge < -0.3 is 9.84 Å². The third-order valence-corrected chi connectivity index (χ3v) is 5.61. The molecule has 2 aliphatic rings. The number of nitrogens with zero attached hydrogens (tertiary/aromatic N) is 3. The molecule has 1 atom stereocenters. The van der Waals surface area contributed by atoms with E-state index in [1.165, 1.54) is 12.1 Å². The van der Waals surface area contributed by atoms with Gasteiger partial charge in [0.05, 0.1) is 17.0 Å². The molecular formula is C18H21F3N4O. The summed E-state index contributed by atoms with van der Waals surface area (Å²) in [4.78, 5) is 6.76. The van der Waals surface area contributed by atoms with E-state index in [0.717, 1.165) is 32.1 Å². The molecule has 1 saturated carbocycles. The lowest BCUT2D eigenvalue weighted by Gasteiger charge is -2.39. The number of alkyl halides is 3. The van der Waals surface area contributed by atoms with E-state index in [1.54, 1.807) is 6.07 Å². The van der Waals surface area contributed by atoms with Gasteiger partial charge in [0, 0.05) is 19.6 Å². The Morgan fingerprint density at radius 2 is 2.12 bits per heavy atom. The number of benzene rings is 1.